The van der Waals surface area contributed by atoms with Gasteiger partial charge in [0.25, 0.3) is 0 Å². The first kappa shape index (κ1) is 20.4. The van der Waals surface area contributed by atoms with E-state index >= 15 is 0 Å². The number of rotatable bonds is 8. The number of hydrogen-bond acceptors (Lipinski definition) is 8. The van der Waals surface area contributed by atoms with E-state index in [1.165, 1.54) is 6.33 Å². The number of benzene rings is 2. The van der Waals surface area contributed by atoms with Crippen LogP contribution in [-0.2, 0) is 9.84 Å². The van der Waals surface area contributed by atoms with Gasteiger partial charge in [-0.05, 0) is 30.3 Å². The first-order valence-corrected chi connectivity index (χ1v) is 10.5. The Bertz CT molecular complexity index is 1100. The van der Waals surface area contributed by atoms with Crippen LogP contribution in [0.25, 0.3) is 0 Å². The van der Waals surface area contributed by atoms with Crippen molar-refractivity contribution >= 4 is 32.8 Å². The second-order valence-electron chi connectivity index (χ2n) is 6.04. The van der Waals surface area contributed by atoms with Gasteiger partial charge in [-0.3, -0.25) is 0 Å². The second-order valence-corrected chi connectivity index (χ2v) is 8.32. The van der Waals surface area contributed by atoms with Crippen LogP contribution in [0.15, 0.2) is 59.8 Å². The molecule has 8 nitrogen and oxygen atoms in total. The molecule has 2 aromatic carbocycles. The zero-order chi connectivity index (χ0) is 20.9. The topological polar surface area (TPSA) is 102 Å². The van der Waals surface area contributed by atoms with Crippen molar-refractivity contribution in [1.29, 1.82) is 0 Å². The Hall–Kier alpha value is -3.33. The molecule has 0 atom stereocenters. The van der Waals surface area contributed by atoms with Crippen LogP contribution in [-0.4, -0.2) is 38.4 Å². The van der Waals surface area contributed by atoms with Gasteiger partial charge in [0, 0.05) is 23.5 Å². The third kappa shape index (κ3) is 4.94. The summed E-state index contributed by atoms with van der Waals surface area (Å²) in [5.41, 5.74) is 1.39. The average Bonchev–Trinajstić information content (AvgIpc) is 2.74. The highest BCUT2D eigenvalue weighted by Crippen LogP contribution is 2.31. The third-order valence-corrected chi connectivity index (χ3v) is 5.90. The number of methoxy groups -OCH3 is 2. The SMILES string of the molecule is CCS(=O)(=O)c1cccc(Nc2cc(Nc3ccc(OC)c(OC)c3)ncn2)c1. The summed E-state index contributed by atoms with van der Waals surface area (Å²) < 4.78 is 34.7. The highest BCUT2D eigenvalue weighted by atomic mass is 32.2. The molecule has 2 N–H and O–H groups in total. The maximum atomic E-state index is 12.1. The lowest BCUT2D eigenvalue weighted by atomic mass is 10.2. The van der Waals surface area contributed by atoms with Crippen molar-refractivity contribution in [2.45, 2.75) is 11.8 Å². The molecule has 0 aliphatic carbocycles. The van der Waals surface area contributed by atoms with Crippen LogP contribution in [0.1, 0.15) is 6.92 Å². The summed E-state index contributed by atoms with van der Waals surface area (Å²) in [6.07, 6.45) is 1.41. The van der Waals surface area contributed by atoms with E-state index in [2.05, 4.69) is 20.6 Å². The standard InChI is InChI=1S/C20H22N4O4S/c1-4-29(25,26)16-7-5-6-14(10-16)23-19-12-20(22-13-21-19)24-15-8-9-17(27-2)18(11-15)28-3/h5-13H,4H2,1-3H3,(H2,21,22,23,24). The lowest BCUT2D eigenvalue weighted by Crippen LogP contribution is -2.04. The molecule has 1 heterocycles. The maximum absolute atomic E-state index is 12.1. The van der Waals surface area contributed by atoms with Gasteiger partial charge in [-0.15, -0.1) is 0 Å². The Labute approximate surface area is 169 Å². The van der Waals surface area contributed by atoms with Crippen LogP contribution >= 0.6 is 0 Å². The van der Waals surface area contributed by atoms with E-state index in [1.54, 1.807) is 63.6 Å². The molecule has 1 aromatic heterocycles. The Morgan fingerprint density at radius 3 is 2.14 bits per heavy atom. The monoisotopic (exact) mass is 414 g/mol. The Morgan fingerprint density at radius 1 is 0.862 bits per heavy atom. The number of nitrogens with one attached hydrogen (secondary N) is 2. The van der Waals surface area contributed by atoms with E-state index in [9.17, 15) is 8.42 Å². The van der Waals surface area contributed by atoms with Crippen LogP contribution in [0.3, 0.4) is 0 Å². The van der Waals surface area contributed by atoms with Gasteiger partial charge in [-0.2, -0.15) is 0 Å². The van der Waals surface area contributed by atoms with Gasteiger partial charge in [-0.25, -0.2) is 18.4 Å². The van der Waals surface area contributed by atoms with Gasteiger partial charge in [0.2, 0.25) is 0 Å². The van der Waals surface area contributed by atoms with Crippen LogP contribution < -0.4 is 20.1 Å². The molecular formula is C20H22N4O4S. The Morgan fingerprint density at radius 2 is 1.52 bits per heavy atom. The van der Waals surface area contributed by atoms with Gasteiger partial charge in [0.05, 0.1) is 24.9 Å². The molecule has 3 rings (SSSR count). The summed E-state index contributed by atoms with van der Waals surface area (Å²) in [7, 11) is -0.133. The molecule has 0 amide bonds. The van der Waals surface area contributed by atoms with Gasteiger partial charge in [-0.1, -0.05) is 13.0 Å². The smallest absolute Gasteiger partial charge is 0.178 e. The number of nitrogens with zero attached hydrogens (tertiary/aromatic N) is 2. The first-order valence-electron chi connectivity index (χ1n) is 8.86. The molecule has 152 valence electrons. The van der Waals surface area contributed by atoms with Crippen LogP contribution in [0.5, 0.6) is 11.5 Å². The summed E-state index contributed by atoms with van der Waals surface area (Å²) in [5, 5.41) is 6.29. The largest absolute Gasteiger partial charge is 0.493 e. The minimum absolute atomic E-state index is 0.0450. The molecule has 0 fully saturated rings. The van der Waals surface area contributed by atoms with Gasteiger partial charge in [0.1, 0.15) is 18.0 Å². The molecule has 29 heavy (non-hydrogen) atoms. The van der Waals surface area contributed by atoms with Gasteiger partial charge in [0.15, 0.2) is 21.3 Å². The molecule has 0 radical (unpaired) electrons. The normalized spacial score (nSPS) is 11.0. The minimum atomic E-state index is -3.28. The van der Waals surface area contributed by atoms with Crippen LogP contribution in [0.2, 0.25) is 0 Å². The maximum Gasteiger partial charge on any atom is 0.178 e. The molecule has 9 heteroatoms. The molecule has 0 unspecified atom stereocenters. The fraction of sp³-hybridized carbons (Fsp3) is 0.200. The summed E-state index contributed by atoms with van der Waals surface area (Å²) in [4.78, 5) is 8.67. The fourth-order valence-corrected chi connectivity index (χ4v) is 3.56. The zero-order valence-corrected chi connectivity index (χ0v) is 17.2. The van der Waals surface area contributed by atoms with E-state index in [4.69, 9.17) is 9.47 Å². The van der Waals surface area contributed by atoms with Crippen molar-refractivity contribution in [3.8, 4) is 11.5 Å². The van der Waals surface area contributed by atoms with Crippen molar-refractivity contribution in [3.63, 3.8) is 0 Å². The molecule has 0 saturated heterocycles. The Balaban J connectivity index is 1.79. The summed E-state index contributed by atoms with van der Waals surface area (Å²) >= 11 is 0. The highest BCUT2D eigenvalue weighted by molar-refractivity contribution is 7.91. The number of anilines is 4. The van der Waals surface area contributed by atoms with Gasteiger partial charge >= 0.3 is 0 Å². The first-order chi connectivity index (χ1) is 13.9. The van der Waals surface area contributed by atoms with E-state index in [0.29, 0.717) is 28.8 Å². The van der Waals surface area contributed by atoms with E-state index in [0.717, 1.165) is 5.69 Å². The molecular weight excluding hydrogens is 392 g/mol. The average molecular weight is 414 g/mol. The zero-order valence-electron chi connectivity index (χ0n) is 16.3. The summed E-state index contributed by atoms with van der Waals surface area (Å²) in [5.74, 6) is 2.36. The molecule has 3 aromatic rings. The van der Waals surface area contributed by atoms with Crippen molar-refractivity contribution in [3.05, 3.63) is 54.9 Å². The molecule has 0 saturated carbocycles. The van der Waals surface area contributed by atoms with E-state index < -0.39 is 9.84 Å². The van der Waals surface area contributed by atoms with Crippen molar-refractivity contribution in [2.75, 3.05) is 30.6 Å². The number of aromatic nitrogens is 2. The van der Waals surface area contributed by atoms with E-state index in [1.807, 2.05) is 6.07 Å². The summed E-state index contributed by atoms with van der Waals surface area (Å²) in [6.45, 7) is 1.62. The molecule has 0 aliphatic rings. The quantitative estimate of drug-likeness (QED) is 0.574. The van der Waals surface area contributed by atoms with Gasteiger partial charge < -0.3 is 20.1 Å². The molecule has 0 spiro atoms. The summed E-state index contributed by atoms with van der Waals surface area (Å²) in [6, 6.07) is 13.8. The lowest BCUT2D eigenvalue weighted by molar-refractivity contribution is 0.355. The predicted octanol–water partition coefficient (Wildman–Crippen LogP) is 3.77. The predicted molar refractivity (Wildman–Crippen MR) is 112 cm³/mol. The Kier molecular flexibility index (Phi) is 6.18. The van der Waals surface area contributed by atoms with Crippen molar-refractivity contribution < 1.29 is 17.9 Å². The molecule has 0 bridgehead atoms. The fourth-order valence-electron chi connectivity index (χ4n) is 2.64. The number of hydrogen-bond donors (Lipinski definition) is 2. The second kappa shape index (κ2) is 8.78. The van der Waals surface area contributed by atoms with Crippen molar-refractivity contribution in [1.82, 2.24) is 9.97 Å². The van der Waals surface area contributed by atoms with Crippen molar-refractivity contribution in [2.24, 2.45) is 0 Å². The lowest BCUT2D eigenvalue weighted by Gasteiger charge is -2.12. The number of sulfone groups is 1. The molecule has 0 aliphatic heterocycles. The highest BCUT2D eigenvalue weighted by Gasteiger charge is 2.12. The van der Waals surface area contributed by atoms with E-state index in [-0.39, 0.29) is 10.6 Å². The number of ether oxygens (including phenoxy) is 2. The third-order valence-electron chi connectivity index (χ3n) is 4.17. The minimum Gasteiger partial charge on any atom is -0.493 e. The van der Waals surface area contributed by atoms with Crippen LogP contribution in [0, 0.1) is 0 Å². The van der Waals surface area contributed by atoms with Crippen LogP contribution in [0.4, 0.5) is 23.0 Å².